The summed E-state index contributed by atoms with van der Waals surface area (Å²) in [4.78, 5) is 24.1. The van der Waals surface area contributed by atoms with Gasteiger partial charge in [0, 0.05) is 6.04 Å². The molecule has 1 N–H and O–H groups in total. The largest absolute Gasteiger partial charge is 0.456 e. The van der Waals surface area contributed by atoms with Crippen LogP contribution in [0.4, 0.5) is 0 Å². The van der Waals surface area contributed by atoms with E-state index in [0.29, 0.717) is 11.5 Å². The second-order valence-electron chi connectivity index (χ2n) is 5.74. The molecule has 0 aliphatic heterocycles. The van der Waals surface area contributed by atoms with Gasteiger partial charge in [0.05, 0.1) is 0 Å². The van der Waals surface area contributed by atoms with Crippen molar-refractivity contribution in [2.24, 2.45) is 0 Å². The lowest BCUT2D eigenvalue weighted by Gasteiger charge is -2.13. The van der Waals surface area contributed by atoms with Crippen LogP contribution in [0, 0.1) is 0 Å². The van der Waals surface area contributed by atoms with Gasteiger partial charge >= 0.3 is 5.97 Å². The lowest BCUT2D eigenvalue weighted by atomic mass is 10.2. The van der Waals surface area contributed by atoms with Crippen LogP contribution in [0.25, 0.3) is 0 Å². The predicted molar refractivity (Wildman–Crippen MR) is 95.8 cm³/mol. The molecule has 132 valence electrons. The Morgan fingerprint density at radius 3 is 2.44 bits per heavy atom. The lowest BCUT2D eigenvalue weighted by Crippen LogP contribution is -2.35. The number of ether oxygens (including phenoxy) is 2. The van der Waals surface area contributed by atoms with Crippen molar-refractivity contribution >= 4 is 11.9 Å². The molecule has 0 saturated heterocycles. The molecule has 0 radical (unpaired) electrons. The summed E-state index contributed by atoms with van der Waals surface area (Å²) in [6.45, 7) is 3.66. The minimum absolute atomic E-state index is 0.0601. The number of esters is 1. The molecule has 25 heavy (non-hydrogen) atoms. The maximum absolute atomic E-state index is 12.3. The fourth-order valence-corrected chi connectivity index (χ4v) is 2.37. The molecule has 0 aliphatic rings. The number of benzene rings is 2. The monoisotopic (exact) mass is 341 g/mol. The summed E-state index contributed by atoms with van der Waals surface area (Å²) in [5.74, 6) is 0.105. The minimum Gasteiger partial charge on any atom is -0.456 e. The highest BCUT2D eigenvalue weighted by Gasteiger charge is 2.16. The normalized spacial score (nSPS) is 11.4. The number of nitrogens with one attached hydrogen (secondary N) is 1. The van der Waals surface area contributed by atoms with E-state index in [9.17, 15) is 9.59 Å². The molecule has 2 aromatic carbocycles. The molecular formula is C20H23NO4. The van der Waals surface area contributed by atoms with E-state index in [1.165, 1.54) is 0 Å². The van der Waals surface area contributed by atoms with Crippen LogP contribution in [-0.2, 0) is 9.53 Å². The van der Waals surface area contributed by atoms with Crippen molar-refractivity contribution in [3.63, 3.8) is 0 Å². The number of hydrogen-bond acceptors (Lipinski definition) is 4. The van der Waals surface area contributed by atoms with Gasteiger partial charge in [0.2, 0.25) is 0 Å². The maximum atomic E-state index is 12.3. The summed E-state index contributed by atoms with van der Waals surface area (Å²) in [6, 6.07) is 16.0. The molecule has 2 rings (SSSR count). The topological polar surface area (TPSA) is 64.6 Å². The molecule has 2 aromatic rings. The molecule has 0 fully saturated rings. The second kappa shape index (κ2) is 9.47. The Morgan fingerprint density at radius 1 is 1.04 bits per heavy atom. The van der Waals surface area contributed by atoms with E-state index >= 15 is 0 Å². The summed E-state index contributed by atoms with van der Waals surface area (Å²) in [7, 11) is 0. The molecule has 5 nitrogen and oxygen atoms in total. The first-order valence-corrected chi connectivity index (χ1v) is 8.38. The van der Waals surface area contributed by atoms with Crippen molar-refractivity contribution < 1.29 is 19.1 Å². The quantitative estimate of drug-likeness (QED) is 0.739. The van der Waals surface area contributed by atoms with Gasteiger partial charge in [-0.25, -0.2) is 4.79 Å². The molecular weight excluding hydrogens is 318 g/mol. The Bertz CT molecular complexity index is 700. The molecule has 0 heterocycles. The van der Waals surface area contributed by atoms with Crippen molar-refractivity contribution in [3.05, 3.63) is 60.2 Å². The van der Waals surface area contributed by atoms with E-state index in [4.69, 9.17) is 9.47 Å². The number of amides is 1. The molecule has 0 aliphatic carbocycles. The zero-order chi connectivity index (χ0) is 18.1. The summed E-state index contributed by atoms with van der Waals surface area (Å²) in [5.41, 5.74) is 0.278. The highest BCUT2D eigenvalue weighted by molar-refractivity contribution is 5.94. The fourth-order valence-electron chi connectivity index (χ4n) is 2.37. The number of carbonyl (C=O) groups is 2. The third kappa shape index (κ3) is 5.95. The van der Waals surface area contributed by atoms with Crippen molar-refractivity contribution in [3.8, 4) is 11.5 Å². The van der Waals surface area contributed by atoms with Crippen molar-refractivity contribution in [2.45, 2.75) is 32.7 Å². The van der Waals surface area contributed by atoms with Gasteiger partial charge in [-0.15, -0.1) is 0 Å². The van der Waals surface area contributed by atoms with Crippen LogP contribution < -0.4 is 10.1 Å². The summed E-state index contributed by atoms with van der Waals surface area (Å²) < 4.78 is 10.8. The Balaban J connectivity index is 1.96. The lowest BCUT2D eigenvalue weighted by molar-refractivity contribution is -0.124. The van der Waals surface area contributed by atoms with Gasteiger partial charge in [0.1, 0.15) is 17.1 Å². The maximum Gasteiger partial charge on any atom is 0.342 e. The fraction of sp³-hybridized carbons (Fsp3) is 0.300. The van der Waals surface area contributed by atoms with Crippen molar-refractivity contribution in [2.75, 3.05) is 6.61 Å². The Kier molecular flexibility index (Phi) is 7.01. The molecule has 5 heteroatoms. The molecule has 0 bridgehead atoms. The second-order valence-corrected chi connectivity index (χ2v) is 5.74. The first-order chi connectivity index (χ1) is 12.1. The van der Waals surface area contributed by atoms with Gasteiger partial charge in [-0.2, -0.15) is 0 Å². The van der Waals surface area contributed by atoms with Gasteiger partial charge in [0.25, 0.3) is 5.91 Å². The smallest absolute Gasteiger partial charge is 0.342 e. The molecule has 0 saturated carbocycles. The minimum atomic E-state index is -0.593. The van der Waals surface area contributed by atoms with E-state index in [0.717, 1.165) is 12.8 Å². The summed E-state index contributed by atoms with van der Waals surface area (Å²) in [5, 5.41) is 2.79. The number of rotatable bonds is 8. The Hall–Kier alpha value is -2.82. The number of hydrogen-bond donors (Lipinski definition) is 1. The van der Waals surface area contributed by atoms with Gasteiger partial charge in [-0.05, 0) is 37.6 Å². The van der Waals surface area contributed by atoms with Crippen LogP contribution in [0.5, 0.6) is 11.5 Å². The van der Waals surface area contributed by atoms with Gasteiger partial charge in [-0.3, -0.25) is 4.79 Å². The van der Waals surface area contributed by atoms with Gasteiger partial charge in [0.15, 0.2) is 6.61 Å². The van der Waals surface area contributed by atoms with E-state index in [1.54, 1.807) is 36.4 Å². The Morgan fingerprint density at radius 2 is 1.72 bits per heavy atom. The standard InChI is InChI=1S/C20H23NO4/c1-3-9-15(2)21-19(22)14-24-20(23)17-12-7-8-13-18(17)25-16-10-5-4-6-11-16/h4-8,10-13,15H,3,9,14H2,1-2H3,(H,21,22)/t15-/m1/s1. The van der Waals surface area contributed by atoms with Crippen LogP contribution in [0.2, 0.25) is 0 Å². The number of carbonyl (C=O) groups excluding carboxylic acids is 2. The molecule has 0 unspecified atom stereocenters. The molecule has 1 amide bonds. The van der Waals surface area contributed by atoms with E-state index < -0.39 is 5.97 Å². The van der Waals surface area contributed by atoms with E-state index in [2.05, 4.69) is 5.32 Å². The van der Waals surface area contributed by atoms with E-state index in [-0.39, 0.29) is 24.1 Å². The highest BCUT2D eigenvalue weighted by atomic mass is 16.5. The molecule has 1 atom stereocenters. The Labute approximate surface area is 148 Å². The van der Waals surface area contributed by atoms with Crippen LogP contribution in [0.3, 0.4) is 0 Å². The average molecular weight is 341 g/mol. The summed E-state index contributed by atoms with van der Waals surface area (Å²) in [6.07, 6.45) is 1.86. The van der Waals surface area contributed by atoms with Crippen molar-refractivity contribution in [1.82, 2.24) is 5.32 Å². The van der Waals surface area contributed by atoms with Crippen LogP contribution in [-0.4, -0.2) is 24.5 Å². The van der Waals surface area contributed by atoms with Gasteiger partial charge in [-0.1, -0.05) is 43.7 Å². The SMILES string of the molecule is CCC[C@@H](C)NC(=O)COC(=O)c1ccccc1Oc1ccccc1. The van der Waals surface area contributed by atoms with Gasteiger partial charge < -0.3 is 14.8 Å². The van der Waals surface area contributed by atoms with Crippen LogP contribution >= 0.6 is 0 Å². The first-order valence-electron chi connectivity index (χ1n) is 8.38. The average Bonchev–Trinajstić information content (AvgIpc) is 2.61. The zero-order valence-corrected chi connectivity index (χ0v) is 14.5. The van der Waals surface area contributed by atoms with E-state index in [1.807, 2.05) is 32.0 Å². The number of para-hydroxylation sites is 2. The van der Waals surface area contributed by atoms with Crippen LogP contribution in [0.15, 0.2) is 54.6 Å². The predicted octanol–water partition coefficient (Wildman–Crippen LogP) is 3.94. The van der Waals surface area contributed by atoms with Crippen molar-refractivity contribution in [1.29, 1.82) is 0 Å². The third-order valence-electron chi connectivity index (χ3n) is 3.54. The molecule has 0 aromatic heterocycles. The first kappa shape index (κ1) is 18.5. The zero-order valence-electron chi connectivity index (χ0n) is 14.5. The highest BCUT2D eigenvalue weighted by Crippen LogP contribution is 2.25. The summed E-state index contributed by atoms with van der Waals surface area (Å²) >= 11 is 0. The molecule has 0 spiro atoms. The van der Waals surface area contributed by atoms with Crippen LogP contribution in [0.1, 0.15) is 37.0 Å². The third-order valence-corrected chi connectivity index (χ3v) is 3.54.